The molecule has 4 rings (SSSR count). The summed E-state index contributed by atoms with van der Waals surface area (Å²) in [5.41, 5.74) is 9.37. The summed E-state index contributed by atoms with van der Waals surface area (Å²) in [6, 6.07) is 12.3. The summed E-state index contributed by atoms with van der Waals surface area (Å²) in [7, 11) is 0. The summed E-state index contributed by atoms with van der Waals surface area (Å²) in [6.07, 6.45) is 4.56. The van der Waals surface area contributed by atoms with Gasteiger partial charge < -0.3 is 11.1 Å². The smallest absolute Gasteiger partial charge is 0.131 e. The molecule has 0 saturated heterocycles. The summed E-state index contributed by atoms with van der Waals surface area (Å²) in [4.78, 5) is 5.65. The minimum atomic E-state index is 0.172. The molecule has 2 aromatic heterocycles. The third kappa shape index (κ3) is 3.56. The number of hydrogen-bond donors (Lipinski definition) is 2. The number of hydrogen-bond acceptors (Lipinski definition) is 4. The van der Waals surface area contributed by atoms with Gasteiger partial charge in [0.1, 0.15) is 10.7 Å². The molecule has 2 atom stereocenters. The lowest BCUT2D eigenvalue weighted by Gasteiger charge is -2.27. The molecule has 0 amide bonds. The second kappa shape index (κ2) is 7.73. The molecule has 1 aromatic carbocycles. The topological polar surface area (TPSA) is 50.9 Å². The van der Waals surface area contributed by atoms with Gasteiger partial charge in [-0.1, -0.05) is 66.4 Å². The van der Waals surface area contributed by atoms with Crippen LogP contribution in [0.25, 0.3) is 10.2 Å². The van der Waals surface area contributed by atoms with Crippen molar-refractivity contribution in [3.8, 4) is 0 Å². The number of pyridine rings is 1. The summed E-state index contributed by atoms with van der Waals surface area (Å²) < 4.78 is 1.06. The minimum absolute atomic E-state index is 0.172. The predicted octanol–water partition coefficient (Wildman–Crippen LogP) is 6.20. The van der Waals surface area contributed by atoms with Crippen LogP contribution in [0.1, 0.15) is 42.0 Å². The fourth-order valence-electron chi connectivity index (χ4n) is 3.67. The maximum Gasteiger partial charge on any atom is 0.131 e. The largest absolute Gasteiger partial charge is 0.380 e. The predicted molar refractivity (Wildman–Crippen MR) is 113 cm³/mol. The highest BCUT2D eigenvalue weighted by Crippen LogP contribution is 2.46. The van der Waals surface area contributed by atoms with Gasteiger partial charge in [-0.3, -0.25) is 0 Å². The Bertz CT molecular complexity index is 910. The fraction of sp³-hybridized carbons (Fsp3) is 0.350. The number of rotatable bonds is 4. The first-order valence-electron chi connectivity index (χ1n) is 8.95. The van der Waals surface area contributed by atoms with Crippen LogP contribution in [0.3, 0.4) is 0 Å². The molecule has 6 heteroatoms. The molecule has 0 unspecified atom stereocenters. The van der Waals surface area contributed by atoms with E-state index in [1.807, 2.05) is 24.3 Å². The van der Waals surface area contributed by atoms with Gasteiger partial charge in [-0.2, -0.15) is 0 Å². The maximum absolute atomic E-state index is 6.72. The number of nitrogens with one attached hydrogen (secondary N) is 1. The highest BCUT2D eigenvalue weighted by atomic mass is 35.5. The third-order valence-electron chi connectivity index (χ3n) is 5.06. The number of halogens is 2. The molecule has 3 N–H and O–H groups in total. The van der Waals surface area contributed by atoms with Crippen molar-refractivity contribution in [3.05, 3.63) is 57.0 Å². The molecule has 0 radical (unpaired) electrons. The zero-order valence-corrected chi connectivity index (χ0v) is 16.7. The van der Waals surface area contributed by atoms with Gasteiger partial charge in [0.15, 0.2) is 0 Å². The molecule has 3 nitrogen and oxygen atoms in total. The van der Waals surface area contributed by atoms with Crippen molar-refractivity contribution in [2.45, 2.75) is 44.2 Å². The zero-order chi connectivity index (χ0) is 18.1. The van der Waals surface area contributed by atoms with E-state index >= 15 is 0 Å². The van der Waals surface area contributed by atoms with Gasteiger partial charge in [0.05, 0.1) is 15.4 Å². The van der Waals surface area contributed by atoms with E-state index in [4.69, 9.17) is 28.9 Å². The van der Waals surface area contributed by atoms with Gasteiger partial charge in [0.2, 0.25) is 0 Å². The van der Waals surface area contributed by atoms with Gasteiger partial charge in [-0.25, -0.2) is 4.98 Å². The number of nitrogens with two attached hydrogens (primary N) is 1. The standard InChI is InChI=1S/C20H21Cl2N3S/c21-16-10-15(24-11-12-6-2-1-3-7-12)20-18(25-16)17(22)19(26-20)13-8-4-5-9-14(13)23/h1-3,6-7,10,13-14H,4-5,8-9,11,23H2,(H,24,25)/t13-,14-/m1/s1. The first-order valence-corrected chi connectivity index (χ1v) is 10.5. The second-order valence-electron chi connectivity index (χ2n) is 6.84. The Morgan fingerprint density at radius 1 is 1.15 bits per heavy atom. The van der Waals surface area contributed by atoms with Gasteiger partial charge >= 0.3 is 0 Å². The molecular weight excluding hydrogens is 385 g/mol. The van der Waals surface area contributed by atoms with Crippen molar-refractivity contribution >= 4 is 50.4 Å². The van der Waals surface area contributed by atoms with Gasteiger partial charge in [0.25, 0.3) is 0 Å². The Morgan fingerprint density at radius 3 is 2.69 bits per heavy atom. The summed E-state index contributed by atoms with van der Waals surface area (Å²) in [5, 5.41) is 4.67. The van der Waals surface area contributed by atoms with Crippen LogP contribution in [0.15, 0.2) is 36.4 Å². The van der Waals surface area contributed by atoms with Crippen LogP contribution in [-0.4, -0.2) is 11.0 Å². The molecule has 1 fully saturated rings. The molecule has 1 aliphatic rings. The average Bonchev–Trinajstić information content (AvgIpc) is 2.98. The molecule has 3 aromatic rings. The molecule has 1 aliphatic carbocycles. The van der Waals surface area contributed by atoms with Crippen LogP contribution in [0.5, 0.6) is 0 Å². The highest BCUT2D eigenvalue weighted by Gasteiger charge is 2.29. The van der Waals surface area contributed by atoms with E-state index in [9.17, 15) is 0 Å². The van der Waals surface area contributed by atoms with E-state index in [2.05, 4.69) is 22.4 Å². The van der Waals surface area contributed by atoms with Crippen LogP contribution < -0.4 is 11.1 Å². The molecule has 26 heavy (non-hydrogen) atoms. The van der Waals surface area contributed by atoms with Crippen LogP contribution in [-0.2, 0) is 6.54 Å². The summed E-state index contributed by atoms with van der Waals surface area (Å²) in [5.74, 6) is 0.316. The van der Waals surface area contributed by atoms with Crippen molar-refractivity contribution in [1.82, 2.24) is 4.98 Å². The number of fused-ring (bicyclic) bond motifs is 1. The van der Waals surface area contributed by atoms with Crippen molar-refractivity contribution in [2.24, 2.45) is 5.73 Å². The number of nitrogens with zero attached hydrogens (tertiary/aromatic N) is 1. The number of anilines is 1. The van der Waals surface area contributed by atoms with Crippen LogP contribution >= 0.6 is 34.5 Å². The van der Waals surface area contributed by atoms with E-state index in [1.54, 1.807) is 11.3 Å². The molecule has 0 spiro atoms. The Kier molecular flexibility index (Phi) is 5.37. The molecule has 2 heterocycles. The van der Waals surface area contributed by atoms with Crippen LogP contribution in [0, 0.1) is 0 Å². The summed E-state index contributed by atoms with van der Waals surface area (Å²) in [6.45, 7) is 0.726. The van der Waals surface area contributed by atoms with Gasteiger partial charge in [-0.05, 0) is 18.4 Å². The molecule has 0 bridgehead atoms. The molecule has 1 saturated carbocycles. The summed E-state index contributed by atoms with van der Waals surface area (Å²) >= 11 is 14.7. The van der Waals surface area contributed by atoms with E-state index in [-0.39, 0.29) is 6.04 Å². The monoisotopic (exact) mass is 405 g/mol. The van der Waals surface area contributed by atoms with Crippen molar-refractivity contribution in [3.63, 3.8) is 0 Å². The number of benzene rings is 1. The van der Waals surface area contributed by atoms with Gasteiger partial charge in [-0.15, -0.1) is 11.3 Å². The zero-order valence-electron chi connectivity index (χ0n) is 14.3. The lowest BCUT2D eigenvalue weighted by molar-refractivity contribution is 0.389. The highest BCUT2D eigenvalue weighted by molar-refractivity contribution is 7.20. The second-order valence-corrected chi connectivity index (χ2v) is 8.66. The third-order valence-corrected chi connectivity index (χ3v) is 7.09. The molecule has 0 aliphatic heterocycles. The van der Waals surface area contributed by atoms with E-state index in [1.165, 1.54) is 18.4 Å². The maximum atomic E-state index is 6.72. The van der Waals surface area contributed by atoms with Gasteiger partial charge in [0, 0.05) is 29.4 Å². The average molecular weight is 406 g/mol. The Labute approximate surface area is 167 Å². The first kappa shape index (κ1) is 18.1. The van der Waals surface area contributed by atoms with Crippen molar-refractivity contribution in [1.29, 1.82) is 0 Å². The van der Waals surface area contributed by atoms with E-state index < -0.39 is 0 Å². The minimum Gasteiger partial charge on any atom is -0.380 e. The normalized spacial score (nSPS) is 20.4. The SMILES string of the molecule is N[C@@H]1CCCC[C@H]1c1sc2c(NCc3ccccc3)cc(Cl)nc2c1Cl. The lowest BCUT2D eigenvalue weighted by Crippen LogP contribution is -2.30. The number of aromatic nitrogens is 1. The van der Waals surface area contributed by atoms with E-state index in [0.29, 0.717) is 11.1 Å². The van der Waals surface area contributed by atoms with Crippen molar-refractivity contribution in [2.75, 3.05) is 5.32 Å². The Balaban J connectivity index is 1.70. The quantitative estimate of drug-likeness (QED) is 0.507. The van der Waals surface area contributed by atoms with E-state index in [0.717, 1.165) is 45.2 Å². The van der Waals surface area contributed by atoms with Crippen LogP contribution in [0.4, 0.5) is 5.69 Å². The van der Waals surface area contributed by atoms with Crippen molar-refractivity contribution < 1.29 is 0 Å². The fourth-order valence-corrected chi connectivity index (χ4v) is 5.65. The first-order chi connectivity index (χ1) is 12.6. The Morgan fingerprint density at radius 2 is 1.92 bits per heavy atom. The lowest BCUT2D eigenvalue weighted by atomic mass is 9.84. The van der Waals surface area contributed by atoms with Crippen LogP contribution in [0.2, 0.25) is 10.2 Å². The molecular formula is C20H21Cl2N3S. The Hall–Kier alpha value is -1.33. The number of thiophene rings is 1. The molecule has 136 valence electrons.